The van der Waals surface area contributed by atoms with Crippen LogP contribution in [0.15, 0.2) is 42.5 Å². The lowest BCUT2D eigenvalue weighted by Crippen LogP contribution is -2.45. The molecule has 0 aliphatic heterocycles. The van der Waals surface area contributed by atoms with Crippen molar-refractivity contribution in [2.24, 2.45) is 0 Å². The van der Waals surface area contributed by atoms with Crippen LogP contribution in [0.4, 0.5) is 11.4 Å². The van der Waals surface area contributed by atoms with Gasteiger partial charge in [0.05, 0.1) is 4.92 Å². The normalized spacial score (nSPS) is 13.0. The molecule has 2 aromatic rings. The van der Waals surface area contributed by atoms with Crippen LogP contribution in [0.3, 0.4) is 0 Å². The van der Waals surface area contributed by atoms with Crippen LogP contribution in [0.5, 0.6) is 5.75 Å². The lowest BCUT2D eigenvalue weighted by molar-refractivity contribution is -0.385. The minimum Gasteiger partial charge on any atom is -0.490 e. The molecule has 0 saturated heterocycles. The number of nitrogens with zero attached hydrogens (tertiary/aromatic N) is 1. The number of anilines is 1. The largest absolute Gasteiger partial charge is 0.490 e. The molecule has 0 saturated carbocycles. The first-order valence-corrected chi connectivity index (χ1v) is 7.74. The Balaban J connectivity index is 2.01. The number of ether oxygens (including phenoxy) is 1. The Morgan fingerprint density at radius 3 is 2.52 bits per heavy atom. The molecule has 2 N–H and O–H groups in total. The van der Waals surface area contributed by atoms with Gasteiger partial charge in [0.15, 0.2) is 5.60 Å². The number of hydrogen-bond acceptors (Lipinski definition) is 5. The van der Waals surface area contributed by atoms with Crippen molar-refractivity contribution in [3.63, 3.8) is 0 Å². The third-order valence-corrected chi connectivity index (χ3v) is 3.73. The number of nitro benzene ring substituents is 1. The first kappa shape index (κ1) is 18.7. The van der Waals surface area contributed by atoms with Crippen LogP contribution in [0.25, 0.3) is 0 Å². The quantitative estimate of drug-likeness (QED) is 0.604. The van der Waals surface area contributed by atoms with Crippen molar-refractivity contribution >= 4 is 28.9 Å². The van der Waals surface area contributed by atoms with E-state index in [4.69, 9.17) is 16.3 Å². The highest BCUT2D eigenvalue weighted by molar-refractivity contribution is 6.30. The smallest absolute Gasteiger partial charge is 0.272 e. The second kappa shape index (κ2) is 7.50. The molecule has 2 aromatic carbocycles. The molecular weight excluding hydrogens is 348 g/mol. The van der Waals surface area contributed by atoms with Gasteiger partial charge in [-0.3, -0.25) is 14.9 Å². The lowest BCUT2D eigenvalue weighted by Gasteiger charge is -2.22. The number of carbonyl (C=O) groups is 1. The zero-order valence-electron chi connectivity index (χ0n) is 13.7. The molecule has 0 aromatic heterocycles. The SMILES string of the molecule is Cc1cc(NC(=O)[C@](C)(O)COc2ccc(Cl)cc2)ccc1[N+](=O)[O-]. The van der Waals surface area contributed by atoms with Crippen LogP contribution >= 0.6 is 11.6 Å². The third kappa shape index (κ3) is 4.91. The fourth-order valence-corrected chi connectivity index (χ4v) is 2.15. The summed E-state index contributed by atoms with van der Waals surface area (Å²) < 4.78 is 5.40. The van der Waals surface area contributed by atoms with Gasteiger partial charge in [0, 0.05) is 22.3 Å². The van der Waals surface area contributed by atoms with E-state index < -0.39 is 16.4 Å². The molecule has 0 bridgehead atoms. The standard InChI is InChI=1S/C17H17ClN2O5/c1-11-9-13(5-8-15(11)20(23)24)19-16(21)17(2,22)10-25-14-6-3-12(18)4-7-14/h3-9,22H,10H2,1-2H3,(H,19,21)/t17-/m1/s1. The van der Waals surface area contributed by atoms with Gasteiger partial charge in [-0.15, -0.1) is 0 Å². The summed E-state index contributed by atoms with van der Waals surface area (Å²) in [4.78, 5) is 22.5. The molecular formula is C17H17ClN2O5. The first-order chi connectivity index (χ1) is 11.7. The van der Waals surface area contributed by atoms with Crippen molar-refractivity contribution in [1.29, 1.82) is 0 Å². The second-order valence-electron chi connectivity index (χ2n) is 5.73. The number of aliphatic hydroxyl groups is 1. The molecule has 8 heteroatoms. The van der Waals surface area contributed by atoms with E-state index in [0.29, 0.717) is 22.0 Å². The Morgan fingerprint density at radius 1 is 1.32 bits per heavy atom. The summed E-state index contributed by atoms with van der Waals surface area (Å²) in [6.45, 7) is 2.61. The number of amides is 1. The van der Waals surface area contributed by atoms with Crippen LogP contribution in [0.1, 0.15) is 12.5 Å². The van der Waals surface area contributed by atoms with Crippen LogP contribution in [-0.2, 0) is 4.79 Å². The molecule has 0 heterocycles. The zero-order chi connectivity index (χ0) is 18.6. The highest BCUT2D eigenvalue weighted by Gasteiger charge is 2.31. The van der Waals surface area contributed by atoms with Crippen LogP contribution < -0.4 is 10.1 Å². The molecule has 0 aliphatic rings. The van der Waals surface area contributed by atoms with Crippen molar-refractivity contribution in [3.05, 3.63) is 63.2 Å². The van der Waals surface area contributed by atoms with E-state index in [1.54, 1.807) is 31.2 Å². The molecule has 0 unspecified atom stereocenters. The van der Waals surface area contributed by atoms with Gasteiger partial charge in [-0.1, -0.05) is 11.6 Å². The van der Waals surface area contributed by atoms with Gasteiger partial charge in [0.1, 0.15) is 12.4 Å². The van der Waals surface area contributed by atoms with Gasteiger partial charge < -0.3 is 15.2 Å². The predicted octanol–water partition coefficient (Wildman–Crippen LogP) is 3.33. The summed E-state index contributed by atoms with van der Waals surface area (Å²) in [7, 11) is 0. The van der Waals surface area contributed by atoms with Crippen molar-refractivity contribution in [2.75, 3.05) is 11.9 Å². The number of rotatable bonds is 6. The maximum Gasteiger partial charge on any atom is 0.272 e. The van der Waals surface area contributed by atoms with Crippen LogP contribution in [0.2, 0.25) is 5.02 Å². The van der Waals surface area contributed by atoms with E-state index in [9.17, 15) is 20.0 Å². The highest BCUT2D eigenvalue weighted by atomic mass is 35.5. The summed E-state index contributed by atoms with van der Waals surface area (Å²) in [5.74, 6) is -0.224. The molecule has 132 valence electrons. The summed E-state index contributed by atoms with van der Waals surface area (Å²) >= 11 is 5.77. The molecule has 2 rings (SSSR count). The number of nitrogens with one attached hydrogen (secondary N) is 1. The molecule has 0 fully saturated rings. The zero-order valence-corrected chi connectivity index (χ0v) is 14.4. The predicted molar refractivity (Wildman–Crippen MR) is 94.0 cm³/mol. The average molecular weight is 365 g/mol. The number of aryl methyl sites for hydroxylation is 1. The highest BCUT2D eigenvalue weighted by Crippen LogP contribution is 2.23. The second-order valence-corrected chi connectivity index (χ2v) is 6.17. The van der Waals surface area contributed by atoms with E-state index >= 15 is 0 Å². The molecule has 1 atom stereocenters. The van der Waals surface area contributed by atoms with E-state index in [1.165, 1.54) is 25.1 Å². The Morgan fingerprint density at radius 2 is 1.96 bits per heavy atom. The molecule has 0 radical (unpaired) electrons. The lowest BCUT2D eigenvalue weighted by atomic mass is 10.1. The van der Waals surface area contributed by atoms with Crippen molar-refractivity contribution in [3.8, 4) is 5.75 Å². The Bertz CT molecular complexity index is 790. The van der Waals surface area contributed by atoms with E-state index in [1.807, 2.05) is 0 Å². The Kier molecular flexibility index (Phi) is 5.61. The Hall–Kier alpha value is -2.64. The summed E-state index contributed by atoms with van der Waals surface area (Å²) in [6, 6.07) is 10.7. The molecule has 0 aliphatic carbocycles. The van der Waals surface area contributed by atoms with E-state index in [0.717, 1.165) is 0 Å². The monoisotopic (exact) mass is 364 g/mol. The summed E-state index contributed by atoms with van der Waals surface area (Å²) in [5, 5.41) is 24.2. The fourth-order valence-electron chi connectivity index (χ4n) is 2.02. The average Bonchev–Trinajstić information content (AvgIpc) is 2.54. The van der Waals surface area contributed by atoms with Gasteiger partial charge in [-0.05, 0) is 50.2 Å². The van der Waals surface area contributed by atoms with E-state index in [-0.39, 0.29) is 12.3 Å². The van der Waals surface area contributed by atoms with Gasteiger partial charge in [-0.2, -0.15) is 0 Å². The Labute approximate surface area is 149 Å². The van der Waals surface area contributed by atoms with Crippen molar-refractivity contribution in [1.82, 2.24) is 0 Å². The number of halogens is 1. The minimum absolute atomic E-state index is 0.0455. The van der Waals surface area contributed by atoms with Gasteiger partial charge >= 0.3 is 0 Å². The van der Waals surface area contributed by atoms with Crippen LogP contribution in [0, 0.1) is 17.0 Å². The van der Waals surface area contributed by atoms with Gasteiger partial charge in [-0.25, -0.2) is 0 Å². The molecule has 0 spiro atoms. The summed E-state index contributed by atoms with van der Waals surface area (Å²) in [6.07, 6.45) is 0. The van der Waals surface area contributed by atoms with Gasteiger partial charge in [0.25, 0.3) is 11.6 Å². The first-order valence-electron chi connectivity index (χ1n) is 7.36. The molecule has 1 amide bonds. The van der Waals surface area contributed by atoms with Crippen LogP contribution in [-0.4, -0.2) is 28.1 Å². The number of hydrogen-bond donors (Lipinski definition) is 2. The van der Waals surface area contributed by atoms with Gasteiger partial charge in [0.2, 0.25) is 0 Å². The minimum atomic E-state index is -1.80. The van der Waals surface area contributed by atoms with E-state index in [2.05, 4.69) is 5.32 Å². The fraction of sp³-hybridized carbons (Fsp3) is 0.235. The summed E-state index contributed by atoms with van der Waals surface area (Å²) in [5.41, 5.74) is -1.09. The maximum absolute atomic E-state index is 12.2. The number of benzene rings is 2. The van der Waals surface area contributed by atoms with Crippen molar-refractivity contribution < 1.29 is 19.6 Å². The molecule has 25 heavy (non-hydrogen) atoms. The van der Waals surface area contributed by atoms with Crippen molar-refractivity contribution in [2.45, 2.75) is 19.4 Å². The third-order valence-electron chi connectivity index (χ3n) is 3.47. The molecule has 7 nitrogen and oxygen atoms in total. The maximum atomic E-state index is 12.2. The number of carbonyl (C=O) groups excluding carboxylic acids is 1. The topological polar surface area (TPSA) is 102 Å². The number of nitro groups is 1.